The van der Waals surface area contributed by atoms with Crippen molar-refractivity contribution in [3.8, 4) is 0 Å². The number of methoxy groups -OCH3 is 1. The van der Waals surface area contributed by atoms with Crippen LogP contribution in [0, 0.1) is 12.3 Å². The van der Waals surface area contributed by atoms with Gasteiger partial charge >= 0.3 is 5.97 Å². The van der Waals surface area contributed by atoms with Gasteiger partial charge in [-0.05, 0) is 50.3 Å². The number of aromatic nitrogens is 2. The number of aromatic amines is 1. The summed E-state index contributed by atoms with van der Waals surface area (Å²) in [5.74, 6) is -0.0000748. The molecule has 0 spiro atoms. The summed E-state index contributed by atoms with van der Waals surface area (Å²) in [5.41, 5.74) is 1.83. The largest absolute Gasteiger partial charge is 0.481 e. The third-order valence-corrected chi connectivity index (χ3v) is 5.41. The van der Waals surface area contributed by atoms with Crippen LogP contribution in [0.15, 0.2) is 18.2 Å². The lowest BCUT2D eigenvalue weighted by Gasteiger charge is -2.40. The summed E-state index contributed by atoms with van der Waals surface area (Å²) in [4.78, 5) is 34.1. The molecule has 1 saturated heterocycles. The summed E-state index contributed by atoms with van der Waals surface area (Å²) in [6, 6.07) is 5.76. The molecule has 0 aliphatic carbocycles. The average molecular weight is 373 g/mol. The summed E-state index contributed by atoms with van der Waals surface area (Å²) >= 11 is 0. The number of hydrogen-bond donors (Lipinski definition) is 2. The summed E-state index contributed by atoms with van der Waals surface area (Å²) in [5, 5.41) is 9.81. The van der Waals surface area contributed by atoms with Crippen molar-refractivity contribution in [1.29, 1.82) is 0 Å². The molecule has 7 nitrogen and oxygen atoms in total. The predicted octanol–water partition coefficient (Wildman–Crippen LogP) is 2.53. The maximum Gasteiger partial charge on any atom is 0.311 e. The van der Waals surface area contributed by atoms with Crippen LogP contribution in [0.3, 0.4) is 0 Å². The first-order valence-corrected chi connectivity index (χ1v) is 9.39. The molecule has 1 fully saturated rings. The molecule has 146 valence electrons. The molecule has 0 radical (unpaired) electrons. The molecular weight excluding hydrogens is 346 g/mol. The van der Waals surface area contributed by atoms with Gasteiger partial charge in [0.2, 0.25) is 5.91 Å². The minimum Gasteiger partial charge on any atom is -0.481 e. The second-order valence-electron chi connectivity index (χ2n) is 7.45. The highest BCUT2D eigenvalue weighted by Crippen LogP contribution is 2.35. The molecule has 27 heavy (non-hydrogen) atoms. The zero-order chi connectivity index (χ0) is 19.4. The predicted molar refractivity (Wildman–Crippen MR) is 102 cm³/mol. The molecule has 3 rings (SSSR count). The third-order valence-electron chi connectivity index (χ3n) is 5.41. The number of benzene rings is 1. The molecular formula is C20H27N3O4. The maximum atomic E-state index is 12.8. The topological polar surface area (TPSA) is 95.5 Å². The van der Waals surface area contributed by atoms with Crippen molar-refractivity contribution in [2.45, 2.75) is 39.0 Å². The molecule has 1 aromatic heterocycles. The molecule has 2 aromatic rings. The lowest BCUT2D eigenvalue weighted by molar-refractivity contribution is -0.155. The SMILES string of the molecule is COCCCC1(C(=O)O)CCCN(C(=O)Cc2ccc3nc(C)[nH]c3c2)C1. The van der Waals surface area contributed by atoms with Gasteiger partial charge in [0.15, 0.2) is 0 Å². The van der Waals surface area contributed by atoms with E-state index in [1.165, 1.54) is 0 Å². The Morgan fingerprint density at radius 2 is 2.22 bits per heavy atom. The number of carbonyl (C=O) groups is 2. The molecule has 0 saturated carbocycles. The third kappa shape index (κ3) is 4.30. The van der Waals surface area contributed by atoms with Crippen molar-refractivity contribution >= 4 is 22.9 Å². The van der Waals surface area contributed by atoms with Crippen molar-refractivity contribution < 1.29 is 19.4 Å². The van der Waals surface area contributed by atoms with Gasteiger partial charge in [0.05, 0.1) is 22.9 Å². The van der Waals surface area contributed by atoms with E-state index in [9.17, 15) is 14.7 Å². The zero-order valence-corrected chi connectivity index (χ0v) is 16.0. The highest BCUT2D eigenvalue weighted by molar-refractivity contribution is 5.83. The van der Waals surface area contributed by atoms with E-state index in [1.54, 1.807) is 12.0 Å². The number of amides is 1. The van der Waals surface area contributed by atoms with E-state index < -0.39 is 11.4 Å². The van der Waals surface area contributed by atoms with E-state index in [1.807, 2.05) is 25.1 Å². The Balaban J connectivity index is 1.70. The molecule has 1 aliphatic heterocycles. The molecule has 1 amide bonds. The Hall–Kier alpha value is -2.41. The van der Waals surface area contributed by atoms with Gasteiger partial charge in [-0.3, -0.25) is 9.59 Å². The molecule has 1 atom stereocenters. The van der Waals surface area contributed by atoms with Crippen LogP contribution in [0.25, 0.3) is 11.0 Å². The summed E-state index contributed by atoms with van der Waals surface area (Å²) in [6.07, 6.45) is 2.79. The molecule has 2 heterocycles. The number of piperidine rings is 1. The normalized spacial score (nSPS) is 20.1. The van der Waals surface area contributed by atoms with Crippen molar-refractivity contribution in [3.05, 3.63) is 29.6 Å². The van der Waals surface area contributed by atoms with Crippen LogP contribution in [0.1, 0.15) is 37.1 Å². The van der Waals surface area contributed by atoms with Gasteiger partial charge in [-0.25, -0.2) is 4.98 Å². The number of carboxylic acids is 1. The second kappa shape index (κ2) is 8.08. The fraction of sp³-hybridized carbons (Fsp3) is 0.550. The zero-order valence-electron chi connectivity index (χ0n) is 16.0. The first-order chi connectivity index (χ1) is 12.9. The van der Waals surface area contributed by atoms with Crippen LogP contribution >= 0.6 is 0 Å². The minimum absolute atomic E-state index is 0.0253. The van der Waals surface area contributed by atoms with Crippen molar-refractivity contribution in [2.75, 3.05) is 26.8 Å². The first-order valence-electron chi connectivity index (χ1n) is 9.39. The van der Waals surface area contributed by atoms with Gasteiger partial charge in [0, 0.05) is 26.8 Å². The number of aliphatic carboxylic acids is 1. The van der Waals surface area contributed by atoms with Crippen LogP contribution in [0.4, 0.5) is 0 Å². The quantitative estimate of drug-likeness (QED) is 0.727. The molecule has 7 heteroatoms. The smallest absolute Gasteiger partial charge is 0.311 e. The van der Waals surface area contributed by atoms with Gasteiger partial charge in [-0.1, -0.05) is 6.07 Å². The van der Waals surface area contributed by atoms with Crippen molar-refractivity contribution in [1.82, 2.24) is 14.9 Å². The number of aryl methyl sites for hydroxylation is 1. The molecule has 1 aromatic carbocycles. The molecule has 1 aliphatic rings. The number of carboxylic acid groups (broad SMARTS) is 1. The Kier molecular flexibility index (Phi) is 5.79. The van der Waals surface area contributed by atoms with Gasteiger partial charge in [-0.2, -0.15) is 0 Å². The number of carbonyl (C=O) groups excluding carboxylic acids is 1. The van der Waals surface area contributed by atoms with Crippen LogP contribution in [0.5, 0.6) is 0 Å². The number of ether oxygens (including phenoxy) is 1. The monoisotopic (exact) mass is 373 g/mol. The van der Waals surface area contributed by atoms with Crippen LogP contribution in [-0.4, -0.2) is 58.7 Å². The van der Waals surface area contributed by atoms with Gasteiger partial charge in [-0.15, -0.1) is 0 Å². The van der Waals surface area contributed by atoms with E-state index in [4.69, 9.17) is 4.74 Å². The number of fused-ring (bicyclic) bond motifs is 1. The number of nitrogens with zero attached hydrogens (tertiary/aromatic N) is 2. The maximum absolute atomic E-state index is 12.8. The fourth-order valence-corrected chi connectivity index (χ4v) is 3.97. The molecule has 2 N–H and O–H groups in total. The van der Waals surface area contributed by atoms with Crippen LogP contribution in [-0.2, 0) is 20.7 Å². The number of H-pyrrole nitrogens is 1. The van der Waals surface area contributed by atoms with E-state index in [0.717, 1.165) is 22.4 Å². The summed E-state index contributed by atoms with van der Waals surface area (Å²) in [6.45, 7) is 3.32. The minimum atomic E-state index is -0.864. The Labute approximate surface area is 158 Å². The van der Waals surface area contributed by atoms with E-state index in [-0.39, 0.29) is 18.9 Å². The highest BCUT2D eigenvalue weighted by Gasteiger charge is 2.43. The number of nitrogens with one attached hydrogen (secondary N) is 1. The Bertz CT molecular complexity index is 832. The number of likely N-dealkylation sites (tertiary alicyclic amines) is 1. The highest BCUT2D eigenvalue weighted by atomic mass is 16.5. The molecule has 1 unspecified atom stereocenters. The number of rotatable bonds is 7. The van der Waals surface area contributed by atoms with Crippen molar-refractivity contribution in [2.24, 2.45) is 5.41 Å². The van der Waals surface area contributed by atoms with Crippen LogP contribution in [0.2, 0.25) is 0 Å². The van der Waals surface area contributed by atoms with Gasteiger partial charge in [0.25, 0.3) is 0 Å². The molecule has 0 bridgehead atoms. The van der Waals surface area contributed by atoms with Gasteiger partial charge in [0.1, 0.15) is 5.82 Å². The van der Waals surface area contributed by atoms with E-state index in [2.05, 4.69) is 9.97 Å². The number of hydrogen-bond acceptors (Lipinski definition) is 4. The van der Waals surface area contributed by atoms with Crippen molar-refractivity contribution in [3.63, 3.8) is 0 Å². The van der Waals surface area contributed by atoms with E-state index in [0.29, 0.717) is 38.8 Å². The summed E-state index contributed by atoms with van der Waals surface area (Å²) < 4.78 is 5.07. The second-order valence-corrected chi connectivity index (χ2v) is 7.45. The lowest BCUT2D eigenvalue weighted by atomic mass is 9.76. The fourth-order valence-electron chi connectivity index (χ4n) is 3.97. The lowest BCUT2D eigenvalue weighted by Crippen LogP contribution is -2.50. The van der Waals surface area contributed by atoms with E-state index >= 15 is 0 Å². The van der Waals surface area contributed by atoms with Crippen LogP contribution < -0.4 is 0 Å². The standard InChI is InChI=1S/C20H27N3O4/c1-14-21-16-6-5-15(11-17(16)22-14)12-18(24)23-9-3-7-20(13-23,19(25)26)8-4-10-27-2/h5-6,11H,3-4,7-10,12-13H2,1-2H3,(H,21,22)(H,25,26). The Morgan fingerprint density at radius 3 is 2.96 bits per heavy atom. The first kappa shape index (κ1) is 19.4. The number of imidazole rings is 1. The average Bonchev–Trinajstić information content (AvgIpc) is 3.01. The van der Waals surface area contributed by atoms with Gasteiger partial charge < -0.3 is 19.7 Å². The summed E-state index contributed by atoms with van der Waals surface area (Å²) in [7, 11) is 1.61. The Morgan fingerprint density at radius 1 is 1.41 bits per heavy atom.